The van der Waals surface area contributed by atoms with Crippen LogP contribution in [0.4, 0.5) is 0 Å². The van der Waals surface area contributed by atoms with Gasteiger partial charge in [-0.15, -0.1) is 0 Å². The van der Waals surface area contributed by atoms with Crippen molar-refractivity contribution in [1.82, 2.24) is 15.2 Å². The van der Waals surface area contributed by atoms with Gasteiger partial charge in [0.25, 0.3) is 0 Å². The fourth-order valence-electron chi connectivity index (χ4n) is 1.80. The van der Waals surface area contributed by atoms with Crippen LogP contribution in [0.1, 0.15) is 37.2 Å². The quantitative estimate of drug-likeness (QED) is 0.672. The number of nitrogens with zero attached hydrogens (tertiary/aromatic N) is 2. The lowest BCUT2D eigenvalue weighted by molar-refractivity contribution is 0.472. The van der Waals surface area contributed by atoms with Gasteiger partial charge >= 0.3 is 0 Å². The third-order valence-electron chi connectivity index (χ3n) is 2.59. The van der Waals surface area contributed by atoms with Crippen LogP contribution in [-0.2, 0) is 0 Å². The second kappa shape index (κ2) is 5.03. The molecule has 92 valence electrons. The van der Waals surface area contributed by atoms with Crippen LogP contribution < -0.4 is 11.3 Å². The van der Waals surface area contributed by atoms with Crippen molar-refractivity contribution in [3.05, 3.63) is 40.5 Å². The average molecular weight is 299 g/mol. The Labute approximate surface area is 108 Å². The molecule has 0 spiro atoms. The minimum Gasteiger partial charge on any atom is -0.472 e. The predicted octanol–water partition coefficient (Wildman–Crippen LogP) is 2.37. The van der Waals surface area contributed by atoms with Gasteiger partial charge in [-0.1, -0.05) is 0 Å². The van der Waals surface area contributed by atoms with E-state index in [1.165, 1.54) is 0 Å². The van der Waals surface area contributed by atoms with Crippen LogP contribution in [0.2, 0.25) is 0 Å². The largest absolute Gasteiger partial charge is 0.472 e. The minimum atomic E-state index is -0.145. The molecule has 6 heteroatoms. The van der Waals surface area contributed by atoms with Crippen LogP contribution in [0.5, 0.6) is 0 Å². The molecule has 0 aliphatic heterocycles. The summed E-state index contributed by atoms with van der Waals surface area (Å²) >= 11 is 3.50. The number of hydrogen-bond acceptors (Lipinski definition) is 4. The van der Waals surface area contributed by atoms with Crippen molar-refractivity contribution in [2.75, 3.05) is 0 Å². The molecular formula is C11H15BrN4O. The van der Waals surface area contributed by atoms with Crippen LogP contribution in [-0.4, -0.2) is 9.78 Å². The number of hydrogen-bond donors (Lipinski definition) is 2. The molecule has 0 aliphatic carbocycles. The molecule has 0 bridgehead atoms. The minimum absolute atomic E-state index is 0.145. The lowest BCUT2D eigenvalue weighted by Crippen LogP contribution is -2.31. The van der Waals surface area contributed by atoms with Crippen molar-refractivity contribution >= 4 is 15.9 Å². The van der Waals surface area contributed by atoms with Crippen LogP contribution in [0.25, 0.3) is 0 Å². The van der Waals surface area contributed by atoms with Gasteiger partial charge in [0.2, 0.25) is 0 Å². The predicted molar refractivity (Wildman–Crippen MR) is 68.2 cm³/mol. The highest BCUT2D eigenvalue weighted by Gasteiger charge is 2.22. The fraction of sp³-hybridized carbons (Fsp3) is 0.364. The number of aromatic nitrogens is 2. The van der Waals surface area contributed by atoms with E-state index in [1.807, 2.05) is 10.7 Å². The molecule has 0 saturated carbocycles. The van der Waals surface area contributed by atoms with Crippen LogP contribution in [0.15, 0.2) is 33.7 Å². The first-order chi connectivity index (χ1) is 8.15. The smallest absolute Gasteiger partial charge is 0.0954 e. The summed E-state index contributed by atoms with van der Waals surface area (Å²) < 4.78 is 7.95. The van der Waals surface area contributed by atoms with E-state index in [9.17, 15) is 0 Å². The van der Waals surface area contributed by atoms with Crippen LogP contribution in [0, 0.1) is 0 Å². The first-order valence-electron chi connectivity index (χ1n) is 5.36. The standard InChI is InChI=1S/C11H15BrN4O/c1-7(2)16-11(9(12)5-14-16)10(15-13)8-3-4-17-6-8/h3-7,10,15H,13H2,1-2H3. The summed E-state index contributed by atoms with van der Waals surface area (Å²) in [5.41, 5.74) is 4.75. The van der Waals surface area contributed by atoms with Gasteiger partial charge in [0.1, 0.15) is 0 Å². The molecule has 0 fully saturated rings. The summed E-state index contributed by atoms with van der Waals surface area (Å²) in [6, 6.07) is 2.00. The van der Waals surface area contributed by atoms with Crippen molar-refractivity contribution in [3.63, 3.8) is 0 Å². The molecule has 0 amide bonds. The summed E-state index contributed by atoms with van der Waals surface area (Å²) in [5.74, 6) is 5.64. The van der Waals surface area contributed by atoms with Crippen LogP contribution in [0.3, 0.4) is 0 Å². The summed E-state index contributed by atoms with van der Waals surface area (Å²) in [6.45, 7) is 4.15. The zero-order valence-corrected chi connectivity index (χ0v) is 11.3. The van der Waals surface area contributed by atoms with E-state index in [0.717, 1.165) is 15.7 Å². The molecular weight excluding hydrogens is 284 g/mol. The van der Waals surface area contributed by atoms with Gasteiger partial charge in [-0.05, 0) is 35.8 Å². The van der Waals surface area contributed by atoms with Crippen molar-refractivity contribution in [2.45, 2.75) is 25.9 Å². The van der Waals surface area contributed by atoms with E-state index in [0.29, 0.717) is 0 Å². The highest BCUT2D eigenvalue weighted by Crippen LogP contribution is 2.30. The summed E-state index contributed by atoms with van der Waals surface area (Å²) in [7, 11) is 0. The first-order valence-corrected chi connectivity index (χ1v) is 6.15. The average Bonchev–Trinajstić information content (AvgIpc) is 2.91. The lowest BCUT2D eigenvalue weighted by atomic mass is 10.1. The topological polar surface area (TPSA) is 69.0 Å². The molecule has 2 rings (SSSR count). The monoisotopic (exact) mass is 298 g/mol. The highest BCUT2D eigenvalue weighted by atomic mass is 79.9. The van der Waals surface area contributed by atoms with Gasteiger partial charge in [0.15, 0.2) is 0 Å². The van der Waals surface area contributed by atoms with E-state index >= 15 is 0 Å². The van der Waals surface area contributed by atoms with Crippen molar-refractivity contribution in [1.29, 1.82) is 0 Å². The Morgan fingerprint density at radius 3 is 2.82 bits per heavy atom. The number of furan rings is 1. The van der Waals surface area contributed by atoms with Crippen molar-refractivity contribution < 1.29 is 4.42 Å². The maximum absolute atomic E-state index is 5.64. The first kappa shape index (κ1) is 12.3. The molecule has 0 radical (unpaired) electrons. The van der Waals surface area contributed by atoms with E-state index in [1.54, 1.807) is 18.7 Å². The van der Waals surface area contributed by atoms with E-state index in [2.05, 4.69) is 40.3 Å². The molecule has 2 aromatic heterocycles. The Hall–Kier alpha value is -1.11. The highest BCUT2D eigenvalue weighted by molar-refractivity contribution is 9.10. The molecule has 2 aromatic rings. The molecule has 1 atom stereocenters. The molecule has 17 heavy (non-hydrogen) atoms. The summed E-state index contributed by atoms with van der Waals surface area (Å²) in [6.07, 6.45) is 5.08. The molecule has 0 aliphatic rings. The van der Waals surface area contributed by atoms with E-state index in [4.69, 9.17) is 10.3 Å². The van der Waals surface area contributed by atoms with Crippen molar-refractivity contribution in [3.8, 4) is 0 Å². The second-order valence-corrected chi connectivity index (χ2v) is 4.93. The van der Waals surface area contributed by atoms with E-state index < -0.39 is 0 Å². The number of hydrazine groups is 1. The Balaban J connectivity index is 2.47. The Bertz CT molecular complexity index is 478. The number of nitrogens with one attached hydrogen (secondary N) is 1. The maximum Gasteiger partial charge on any atom is 0.0954 e. The molecule has 0 aromatic carbocycles. The van der Waals surface area contributed by atoms with Gasteiger partial charge in [-0.3, -0.25) is 10.5 Å². The fourth-order valence-corrected chi connectivity index (χ4v) is 2.31. The molecule has 5 nitrogen and oxygen atoms in total. The maximum atomic E-state index is 5.64. The molecule has 3 N–H and O–H groups in total. The Morgan fingerprint density at radius 1 is 1.53 bits per heavy atom. The van der Waals surface area contributed by atoms with Gasteiger partial charge in [0, 0.05) is 11.6 Å². The van der Waals surface area contributed by atoms with E-state index in [-0.39, 0.29) is 12.1 Å². The molecule has 2 heterocycles. The molecule has 0 saturated heterocycles. The van der Waals surface area contributed by atoms with Crippen LogP contribution >= 0.6 is 15.9 Å². The van der Waals surface area contributed by atoms with Gasteiger partial charge < -0.3 is 4.42 Å². The third-order valence-corrected chi connectivity index (χ3v) is 3.20. The Morgan fingerprint density at radius 2 is 2.29 bits per heavy atom. The zero-order chi connectivity index (χ0) is 12.4. The summed E-state index contributed by atoms with van der Waals surface area (Å²) in [5, 5.41) is 4.34. The number of nitrogens with two attached hydrogens (primary N) is 1. The SMILES string of the molecule is CC(C)n1ncc(Br)c1C(NN)c1ccoc1. The number of rotatable bonds is 4. The second-order valence-electron chi connectivity index (χ2n) is 4.07. The van der Waals surface area contributed by atoms with Gasteiger partial charge in [0.05, 0.1) is 34.9 Å². The number of halogens is 1. The van der Waals surface area contributed by atoms with Gasteiger partial charge in [-0.2, -0.15) is 5.10 Å². The summed E-state index contributed by atoms with van der Waals surface area (Å²) in [4.78, 5) is 0. The Kier molecular flexibility index (Phi) is 3.66. The zero-order valence-electron chi connectivity index (χ0n) is 9.72. The lowest BCUT2D eigenvalue weighted by Gasteiger charge is -2.19. The third kappa shape index (κ3) is 2.29. The van der Waals surface area contributed by atoms with Gasteiger partial charge in [-0.25, -0.2) is 5.43 Å². The molecule has 1 unspecified atom stereocenters. The normalized spacial score (nSPS) is 13.2. The van der Waals surface area contributed by atoms with Crippen molar-refractivity contribution in [2.24, 2.45) is 5.84 Å².